The topological polar surface area (TPSA) is 82.1 Å². The molecule has 1 aliphatic heterocycles. The average molecular weight is 510 g/mol. The van der Waals surface area contributed by atoms with E-state index in [-0.39, 0.29) is 11.0 Å². The highest BCUT2D eigenvalue weighted by atomic mass is 32.2. The second-order valence-corrected chi connectivity index (χ2v) is 9.18. The number of rotatable bonds is 12. The summed E-state index contributed by atoms with van der Waals surface area (Å²) in [6, 6.07) is 13.5. The van der Waals surface area contributed by atoms with Crippen LogP contribution in [-0.2, 0) is 27.4 Å². The molecule has 0 N–H and O–H groups in total. The molecule has 0 bridgehead atoms. The van der Waals surface area contributed by atoms with Crippen molar-refractivity contribution in [3.63, 3.8) is 0 Å². The number of benzene rings is 2. The lowest BCUT2D eigenvalue weighted by Crippen LogP contribution is -2.35. The van der Waals surface area contributed by atoms with E-state index in [0.717, 1.165) is 27.8 Å². The molecule has 190 valence electrons. The van der Waals surface area contributed by atoms with Gasteiger partial charge in [0.1, 0.15) is 13.2 Å². The maximum atomic E-state index is 12.9. The zero-order valence-electron chi connectivity index (χ0n) is 20.8. The largest absolute Gasteiger partial charge is 0.490 e. The SMILES string of the molecule is C=CCc1cc(/C=C2\SC(=O)N(CC(=O)O[C@@H](C)CC)C2=O)cc(OCC)c1OCc1ccccc1. The van der Waals surface area contributed by atoms with E-state index < -0.39 is 23.7 Å². The van der Waals surface area contributed by atoms with E-state index >= 15 is 0 Å². The Hall–Kier alpha value is -3.52. The van der Waals surface area contributed by atoms with Gasteiger partial charge in [-0.05, 0) is 67.8 Å². The zero-order valence-corrected chi connectivity index (χ0v) is 21.6. The van der Waals surface area contributed by atoms with Gasteiger partial charge in [-0.2, -0.15) is 0 Å². The van der Waals surface area contributed by atoms with Gasteiger partial charge >= 0.3 is 5.97 Å². The molecule has 36 heavy (non-hydrogen) atoms. The Kier molecular flexibility index (Phi) is 9.76. The number of hydrogen-bond acceptors (Lipinski definition) is 7. The summed E-state index contributed by atoms with van der Waals surface area (Å²) < 4.78 is 17.2. The summed E-state index contributed by atoms with van der Waals surface area (Å²) in [6.45, 7) is 9.75. The van der Waals surface area contributed by atoms with Crippen LogP contribution in [0.1, 0.15) is 43.9 Å². The number of nitrogens with zero attached hydrogens (tertiary/aromatic N) is 1. The molecule has 8 heteroatoms. The smallest absolute Gasteiger partial charge is 0.326 e. The number of hydrogen-bond donors (Lipinski definition) is 0. The summed E-state index contributed by atoms with van der Waals surface area (Å²) in [5.41, 5.74) is 2.54. The second kappa shape index (κ2) is 13.0. The molecule has 2 amide bonds. The quantitative estimate of drug-likeness (QED) is 0.204. The summed E-state index contributed by atoms with van der Waals surface area (Å²) in [4.78, 5) is 38.6. The number of esters is 1. The third-order valence-electron chi connectivity index (χ3n) is 5.41. The molecule has 2 aromatic rings. The molecule has 1 atom stereocenters. The summed E-state index contributed by atoms with van der Waals surface area (Å²) in [6.07, 6.45) is 4.28. The Morgan fingerprint density at radius 2 is 1.89 bits per heavy atom. The van der Waals surface area contributed by atoms with Crippen molar-refractivity contribution in [2.24, 2.45) is 0 Å². The number of ether oxygens (including phenoxy) is 3. The zero-order chi connectivity index (χ0) is 26.1. The van der Waals surface area contributed by atoms with Gasteiger partial charge in [-0.1, -0.05) is 43.3 Å². The highest BCUT2D eigenvalue weighted by Gasteiger charge is 2.37. The lowest BCUT2D eigenvalue weighted by Gasteiger charge is -2.17. The van der Waals surface area contributed by atoms with Crippen molar-refractivity contribution in [3.05, 3.63) is 76.7 Å². The number of imide groups is 1. The Morgan fingerprint density at radius 1 is 1.14 bits per heavy atom. The molecular formula is C28H31NO6S. The number of carbonyl (C=O) groups is 3. The minimum atomic E-state index is -0.611. The van der Waals surface area contributed by atoms with E-state index in [1.165, 1.54) is 0 Å². The van der Waals surface area contributed by atoms with Crippen LogP contribution in [0.25, 0.3) is 6.08 Å². The molecule has 1 heterocycles. The number of thioether (sulfide) groups is 1. The van der Waals surface area contributed by atoms with E-state index in [0.29, 0.717) is 43.1 Å². The van der Waals surface area contributed by atoms with Gasteiger partial charge in [0.25, 0.3) is 11.1 Å². The predicted octanol–water partition coefficient (Wildman–Crippen LogP) is 5.77. The lowest BCUT2D eigenvalue weighted by atomic mass is 10.0. The van der Waals surface area contributed by atoms with Gasteiger partial charge in [0.05, 0.1) is 17.6 Å². The molecule has 0 saturated carbocycles. The molecule has 0 unspecified atom stereocenters. The van der Waals surface area contributed by atoms with Crippen LogP contribution in [0.15, 0.2) is 60.0 Å². The first-order valence-electron chi connectivity index (χ1n) is 11.9. The maximum absolute atomic E-state index is 12.9. The number of carbonyl (C=O) groups excluding carboxylic acids is 3. The van der Waals surface area contributed by atoms with Gasteiger partial charge in [0, 0.05) is 5.56 Å². The summed E-state index contributed by atoms with van der Waals surface area (Å²) in [7, 11) is 0. The summed E-state index contributed by atoms with van der Waals surface area (Å²) in [5, 5.41) is -0.508. The minimum absolute atomic E-state index is 0.223. The van der Waals surface area contributed by atoms with Crippen LogP contribution >= 0.6 is 11.8 Å². The van der Waals surface area contributed by atoms with Crippen molar-refractivity contribution in [1.29, 1.82) is 0 Å². The fourth-order valence-corrected chi connectivity index (χ4v) is 4.33. The van der Waals surface area contributed by atoms with Gasteiger partial charge < -0.3 is 14.2 Å². The molecule has 0 aromatic heterocycles. The molecule has 0 radical (unpaired) electrons. The predicted molar refractivity (Wildman–Crippen MR) is 141 cm³/mol. The average Bonchev–Trinajstić information content (AvgIpc) is 3.11. The van der Waals surface area contributed by atoms with Crippen LogP contribution in [0.5, 0.6) is 11.5 Å². The Balaban J connectivity index is 1.86. The molecule has 7 nitrogen and oxygen atoms in total. The summed E-state index contributed by atoms with van der Waals surface area (Å²) in [5.74, 6) is 0.00694. The molecule has 0 spiro atoms. The third kappa shape index (κ3) is 7.01. The Labute approximate surface area is 216 Å². The van der Waals surface area contributed by atoms with Crippen LogP contribution in [0.4, 0.5) is 4.79 Å². The van der Waals surface area contributed by atoms with E-state index in [2.05, 4.69) is 6.58 Å². The van der Waals surface area contributed by atoms with Crippen LogP contribution in [0.3, 0.4) is 0 Å². The van der Waals surface area contributed by atoms with Crippen LogP contribution in [-0.4, -0.2) is 41.3 Å². The Morgan fingerprint density at radius 3 is 2.56 bits per heavy atom. The van der Waals surface area contributed by atoms with E-state index in [4.69, 9.17) is 14.2 Å². The van der Waals surface area contributed by atoms with E-state index in [1.54, 1.807) is 25.1 Å². The van der Waals surface area contributed by atoms with Crippen LogP contribution < -0.4 is 9.47 Å². The first-order chi connectivity index (χ1) is 17.4. The summed E-state index contributed by atoms with van der Waals surface area (Å²) >= 11 is 0.792. The number of amides is 2. The first kappa shape index (κ1) is 27.1. The van der Waals surface area contributed by atoms with Crippen molar-refractivity contribution in [1.82, 2.24) is 4.90 Å². The van der Waals surface area contributed by atoms with Gasteiger partial charge in [0.2, 0.25) is 0 Å². The first-order valence-corrected chi connectivity index (χ1v) is 12.7. The van der Waals surface area contributed by atoms with E-state index in [1.807, 2.05) is 50.2 Å². The van der Waals surface area contributed by atoms with Gasteiger partial charge in [-0.3, -0.25) is 19.3 Å². The highest BCUT2D eigenvalue weighted by Crippen LogP contribution is 2.37. The van der Waals surface area contributed by atoms with Gasteiger partial charge in [0.15, 0.2) is 11.5 Å². The van der Waals surface area contributed by atoms with E-state index in [9.17, 15) is 14.4 Å². The highest BCUT2D eigenvalue weighted by molar-refractivity contribution is 8.18. The molecular weight excluding hydrogens is 478 g/mol. The molecule has 3 rings (SSSR count). The fourth-order valence-electron chi connectivity index (χ4n) is 3.49. The lowest BCUT2D eigenvalue weighted by molar-refractivity contribution is -0.150. The van der Waals surface area contributed by atoms with Crippen LogP contribution in [0, 0.1) is 0 Å². The standard InChI is InChI=1S/C28H31NO6S/c1-5-11-22-14-21(15-23(33-7-3)26(22)34-18-20-12-9-8-10-13-20)16-24-27(31)29(28(32)36-24)17-25(30)35-19(4)6-2/h5,8-10,12-16,19H,1,6-7,11,17-18H2,2-4H3/b24-16-/t19-/m0/s1. The van der Waals surface area contributed by atoms with Crippen molar-refractivity contribution >= 4 is 35.0 Å². The normalized spacial score (nSPS) is 15.2. The van der Waals surface area contributed by atoms with Crippen molar-refractivity contribution in [2.75, 3.05) is 13.2 Å². The van der Waals surface area contributed by atoms with Crippen molar-refractivity contribution in [2.45, 2.75) is 46.3 Å². The minimum Gasteiger partial charge on any atom is -0.490 e. The molecule has 1 fully saturated rings. The molecule has 0 aliphatic carbocycles. The number of allylic oxidation sites excluding steroid dienone is 1. The van der Waals surface area contributed by atoms with Crippen molar-refractivity contribution in [3.8, 4) is 11.5 Å². The maximum Gasteiger partial charge on any atom is 0.326 e. The molecule has 1 aliphatic rings. The Bertz CT molecular complexity index is 1140. The fraction of sp³-hybridized carbons (Fsp3) is 0.321. The third-order valence-corrected chi connectivity index (χ3v) is 6.32. The molecule has 2 aromatic carbocycles. The van der Waals surface area contributed by atoms with Crippen LogP contribution in [0.2, 0.25) is 0 Å². The molecule has 1 saturated heterocycles. The monoisotopic (exact) mass is 509 g/mol. The van der Waals surface area contributed by atoms with Gasteiger partial charge in [-0.25, -0.2) is 0 Å². The van der Waals surface area contributed by atoms with Crippen molar-refractivity contribution < 1.29 is 28.6 Å². The van der Waals surface area contributed by atoms with Gasteiger partial charge in [-0.15, -0.1) is 6.58 Å². The second-order valence-electron chi connectivity index (χ2n) is 8.18.